The molecule has 0 amide bonds. The van der Waals surface area contributed by atoms with Gasteiger partial charge in [-0.1, -0.05) is 38.2 Å². The summed E-state index contributed by atoms with van der Waals surface area (Å²) >= 11 is 0. The Morgan fingerprint density at radius 3 is 2.31 bits per heavy atom. The molecule has 0 saturated carbocycles. The van der Waals surface area contributed by atoms with E-state index in [9.17, 15) is 0 Å². The maximum Gasteiger partial charge on any atom is 0.00373 e. The Balaban J connectivity index is 3.03. The van der Waals surface area contributed by atoms with Gasteiger partial charge < -0.3 is 0 Å². The van der Waals surface area contributed by atoms with Crippen LogP contribution in [0.15, 0.2) is 36.5 Å². The first-order valence-corrected chi connectivity index (χ1v) is 5.10. The van der Waals surface area contributed by atoms with E-state index in [2.05, 4.69) is 33.1 Å². The molecular weight excluding hydrogens is 156 g/mol. The van der Waals surface area contributed by atoms with Crippen molar-refractivity contribution < 1.29 is 0 Å². The lowest BCUT2D eigenvalue weighted by atomic mass is 9.75. The molecule has 1 aliphatic rings. The minimum absolute atomic E-state index is 0.157. The molecule has 0 nitrogen and oxygen atoms in total. The average molecular weight is 176 g/mol. The predicted molar refractivity (Wildman–Crippen MR) is 59.7 cm³/mol. The van der Waals surface area contributed by atoms with Crippen LogP contribution in [0.2, 0.25) is 0 Å². The standard InChI is InChI=1S/C13H20/c1-5-11-9-7-8-10-12(11)13(3,4)6-2/h5-6H,1-2,7-10H2,3-4H3. The first-order chi connectivity index (χ1) is 6.11. The van der Waals surface area contributed by atoms with Gasteiger partial charge in [0.1, 0.15) is 0 Å². The molecule has 0 bridgehead atoms. The number of rotatable bonds is 3. The zero-order chi connectivity index (χ0) is 9.90. The number of hydrogen-bond donors (Lipinski definition) is 0. The second kappa shape index (κ2) is 3.95. The van der Waals surface area contributed by atoms with Gasteiger partial charge in [-0.3, -0.25) is 0 Å². The molecular formula is C13H20. The van der Waals surface area contributed by atoms with Crippen molar-refractivity contribution in [2.24, 2.45) is 5.41 Å². The molecule has 0 heteroatoms. The lowest BCUT2D eigenvalue weighted by Gasteiger charge is -2.30. The number of allylic oxidation sites excluding steroid dienone is 4. The lowest BCUT2D eigenvalue weighted by Crippen LogP contribution is -2.15. The molecule has 1 aliphatic carbocycles. The minimum atomic E-state index is 0.157. The summed E-state index contributed by atoms with van der Waals surface area (Å²) in [6, 6.07) is 0. The van der Waals surface area contributed by atoms with Gasteiger partial charge in [0.2, 0.25) is 0 Å². The second-order valence-corrected chi connectivity index (χ2v) is 4.34. The third-order valence-electron chi connectivity index (χ3n) is 3.05. The topological polar surface area (TPSA) is 0 Å². The summed E-state index contributed by atoms with van der Waals surface area (Å²) < 4.78 is 0. The molecule has 0 spiro atoms. The maximum atomic E-state index is 3.91. The second-order valence-electron chi connectivity index (χ2n) is 4.34. The van der Waals surface area contributed by atoms with E-state index in [1.807, 2.05) is 6.08 Å². The zero-order valence-corrected chi connectivity index (χ0v) is 8.90. The van der Waals surface area contributed by atoms with Crippen molar-refractivity contribution in [2.45, 2.75) is 39.5 Å². The van der Waals surface area contributed by atoms with Crippen LogP contribution in [0.4, 0.5) is 0 Å². The molecule has 0 aromatic carbocycles. The van der Waals surface area contributed by atoms with E-state index < -0.39 is 0 Å². The van der Waals surface area contributed by atoms with Crippen LogP contribution >= 0.6 is 0 Å². The summed E-state index contributed by atoms with van der Waals surface area (Å²) in [5, 5.41) is 0. The Hall–Kier alpha value is -0.780. The van der Waals surface area contributed by atoms with Gasteiger partial charge in [0.15, 0.2) is 0 Å². The van der Waals surface area contributed by atoms with Crippen molar-refractivity contribution in [3.05, 3.63) is 36.5 Å². The Morgan fingerprint density at radius 1 is 1.15 bits per heavy atom. The third kappa shape index (κ3) is 2.12. The Labute approximate surface area is 82.0 Å². The Morgan fingerprint density at radius 2 is 1.77 bits per heavy atom. The molecule has 0 heterocycles. The quantitative estimate of drug-likeness (QED) is 0.564. The van der Waals surface area contributed by atoms with E-state index in [0.29, 0.717) is 0 Å². The first kappa shape index (κ1) is 10.3. The van der Waals surface area contributed by atoms with Gasteiger partial charge in [0, 0.05) is 5.41 Å². The highest BCUT2D eigenvalue weighted by molar-refractivity contribution is 5.32. The van der Waals surface area contributed by atoms with Crippen LogP contribution in [0.1, 0.15) is 39.5 Å². The van der Waals surface area contributed by atoms with Gasteiger partial charge in [0.25, 0.3) is 0 Å². The summed E-state index contributed by atoms with van der Waals surface area (Å²) in [6.45, 7) is 12.3. The van der Waals surface area contributed by atoms with E-state index in [4.69, 9.17) is 0 Å². The highest BCUT2D eigenvalue weighted by Crippen LogP contribution is 2.38. The highest BCUT2D eigenvalue weighted by Gasteiger charge is 2.23. The lowest BCUT2D eigenvalue weighted by molar-refractivity contribution is 0.509. The molecule has 0 aromatic heterocycles. The van der Waals surface area contributed by atoms with Crippen molar-refractivity contribution in [3.8, 4) is 0 Å². The van der Waals surface area contributed by atoms with Crippen LogP contribution in [0.25, 0.3) is 0 Å². The molecule has 0 aromatic rings. The molecule has 1 rings (SSSR count). The van der Waals surface area contributed by atoms with Crippen LogP contribution in [0, 0.1) is 5.41 Å². The summed E-state index contributed by atoms with van der Waals surface area (Å²) in [5.74, 6) is 0. The molecule has 0 aliphatic heterocycles. The maximum absolute atomic E-state index is 3.91. The van der Waals surface area contributed by atoms with E-state index in [1.54, 1.807) is 5.57 Å². The normalized spacial score (nSPS) is 18.6. The minimum Gasteiger partial charge on any atom is -0.102 e. The average Bonchev–Trinajstić information content (AvgIpc) is 2.18. The van der Waals surface area contributed by atoms with Gasteiger partial charge >= 0.3 is 0 Å². The van der Waals surface area contributed by atoms with Crippen LogP contribution in [-0.4, -0.2) is 0 Å². The van der Waals surface area contributed by atoms with Gasteiger partial charge in [-0.15, -0.1) is 6.58 Å². The van der Waals surface area contributed by atoms with Crippen molar-refractivity contribution in [1.82, 2.24) is 0 Å². The molecule has 0 radical (unpaired) electrons. The van der Waals surface area contributed by atoms with Crippen LogP contribution < -0.4 is 0 Å². The van der Waals surface area contributed by atoms with E-state index >= 15 is 0 Å². The molecule has 0 unspecified atom stereocenters. The first-order valence-electron chi connectivity index (χ1n) is 5.10. The SMILES string of the molecule is C=CC1=C(C(C)(C)C=C)CCCC1. The highest BCUT2D eigenvalue weighted by atomic mass is 14.3. The predicted octanol–water partition coefficient (Wildman–Crippen LogP) is 4.26. The van der Waals surface area contributed by atoms with Crippen molar-refractivity contribution >= 4 is 0 Å². The van der Waals surface area contributed by atoms with Gasteiger partial charge in [-0.2, -0.15) is 0 Å². The van der Waals surface area contributed by atoms with Crippen LogP contribution in [-0.2, 0) is 0 Å². The molecule has 13 heavy (non-hydrogen) atoms. The van der Waals surface area contributed by atoms with E-state index in [1.165, 1.54) is 31.3 Å². The van der Waals surface area contributed by atoms with Gasteiger partial charge in [0.05, 0.1) is 0 Å². The summed E-state index contributed by atoms with van der Waals surface area (Å²) in [4.78, 5) is 0. The van der Waals surface area contributed by atoms with E-state index in [0.717, 1.165) is 0 Å². The largest absolute Gasteiger partial charge is 0.102 e. The number of hydrogen-bond acceptors (Lipinski definition) is 0. The molecule has 0 saturated heterocycles. The Kier molecular flexibility index (Phi) is 3.13. The molecule has 0 fully saturated rings. The van der Waals surface area contributed by atoms with Gasteiger partial charge in [-0.05, 0) is 31.3 Å². The van der Waals surface area contributed by atoms with Crippen molar-refractivity contribution in [2.75, 3.05) is 0 Å². The van der Waals surface area contributed by atoms with Crippen LogP contribution in [0.5, 0.6) is 0 Å². The smallest absolute Gasteiger partial charge is 0.00373 e. The Bertz CT molecular complexity index is 241. The fourth-order valence-electron chi connectivity index (χ4n) is 2.01. The van der Waals surface area contributed by atoms with Crippen molar-refractivity contribution in [3.63, 3.8) is 0 Å². The summed E-state index contributed by atoms with van der Waals surface area (Å²) in [7, 11) is 0. The third-order valence-corrected chi connectivity index (χ3v) is 3.05. The fraction of sp³-hybridized carbons (Fsp3) is 0.538. The van der Waals surface area contributed by atoms with Crippen molar-refractivity contribution in [1.29, 1.82) is 0 Å². The summed E-state index contributed by atoms with van der Waals surface area (Å²) in [5.41, 5.74) is 3.16. The molecule has 72 valence electrons. The molecule has 0 atom stereocenters. The fourth-order valence-corrected chi connectivity index (χ4v) is 2.01. The van der Waals surface area contributed by atoms with E-state index in [-0.39, 0.29) is 5.41 Å². The monoisotopic (exact) mass is 176 g/mol. The van der Waals surface area contributed by atoms with Gasteiger partial charge in [-0.25, -0.2) is 0 Å². The summed E-state index contributed by atoms with van der Waals surface area (Å²) in [6.07, 6.45) is 9.15. The molecule has 0 N–H and O–H groups in total. The zero-order valence-electron chi connectivity index (χ0n) is 8.90. The van der Waals surface area contributed by atoms with Crippen LogP contribution in [0.3, 0.4) is 0 Å².